The molecule has 0 saturated heterocycles. The number of anilines is 1. The maximum atomic E-state index is 11.2. The molecular weight excluding hydrogens is 248 g/mol. The van der Waals surface area contributed by atoms with Gasteiger partial charge in [-0.25, -0.2) is 4.98 Å². The molecule has 0 fully saturated rings. The van der Waals surface area contributed by atoms with Crippen LogP contribution in [0.5, 0.6) is 0 Å². The molecule has 0 unspecified atom stereocenters. The Morgan fingerprint density at radius 1 is 1.16 bits per heavy atom. The van der Waals surface area contributed by atoms with Crippen LogP contribution < -0.4 is 4.90 Å². The molecule has 1 aromatic rings. The summed E-state index contributed by atoms with van der Waals surface area (Å²) in [6.07, 6.45) is 0.274. The zero-order valence-corrected chi connectivity index (χ0v) is 11.8. The van der Waals surface area contributed by atoms with Crippen molar-refractivity contribution in [3.8, 4) is 0 Å². The third-order valence-electron chi connectivity index (χ3n) is 2.74. The molecule has 0 atom stereocenters. The SMILES string of the molecule is COCCN(CCC(=O)OC)c1nnc(C)c(C)n1. The van der Waals surface area contributed by atoms with Crippen molar-refractivity contribution >= 4 is 11.9 Å². The minimum absolute atomic E-state index is 0.265. The lowest BCUT2D eigenvalue weighted by Crippen LogP contribution is -2.32. The molecule has 7 nitrogen and oxygen atoms in total. The van der Waals surface area contributed by atoms with Crippen molar-refractivity contribution in [3.63, 3.8) is 0 Å². The van der Waals surface area contributed by atoms with Gasteiger partial charge in [0.2, 0.25) is 5.95 Å². The highest BCUT2D eigenvalue weighted by Crippen LogP contribution is 2.09. The number of aryl methyl sites for hydroxylation is 2. The first-order chi connectivity index (χ1) is 9.08. The lowest BCUT2D eigenvalue weighted by Gasteiger charge is -2.21. The van der Waals surface area contributed by atoms with Crippen LogP contribution in [0, 0.1) is 13.8 Å². The van der Waals surface area contributed by atoms with Crippen molar-refractivity contribution < 1.29 is 14.3 Å². The summed E-state index contributed by atoms with van der Waals surface area (Å²) in [5.74, 6) is 0.239. The van der Waals surface area contributed by atoms with Gasteiger partial charge in [-0.15, -0.1) is 5.10 Å². The first-order valence-corrected chi connectivity index (χ1v) is 6.07. The molecular formula is C12H20N4O3. The molecule has 0 aromatic carbocycles. The van der Waals surface area contributed by atoms with E-state index in [0.29, 0.717) is 25.6 Å². The number of hydrogen-bond acceptors (Lipinski definition) is 7. The van der Waals surface area contributed by atoms with E-state index in [1.165, 1.54) is 7.11 Å². The van der Waals surface area contributed by atoms with E-state index in [9.17, 15) is 4.79 Å². The fraction of sp³-hybridized carbons (Fsp3) is 0.667. The Morgan fingerprint density at radius 2 is 1.89 bits per heavy atom. The lowest BCUT2D eigenvalue weighted by molar-refractivity contribution is -0.140. The molecule has 1 heterocycles. The number of ether oxygens (including phenoxy) is 2. The van der Waals surface area contributed by atoms with E-state index in [4.69, 9.17) is 4.74 Å². The summed E-state index contributed by atoms with van der Waals surface area (Å²) in [5, 5.41) is 8.10. The van der Waals surface area contributed by atoms with E-state index in [1.54, 1.807) is 7.11 Å². The molecule has 0 N–H and O–H groups in total. The van der Waals surface area contributed by atoms with Crippen LogP contribution in [-0.2, 0) is 14.3 Å². The monoisotopic (exact) mass is 268 g/mol. The zero-order valence-electron chi connectivity index (χ0n) is 11.8. The van der Waals surface area contributed by atoms with Crippen LogP contribution in [0.2, 0.25) is 0 Å². The Kier molecular flexibility index (Phi) is 6.14. The van der Waals surface area contributed by atoms with Gasteiger partial charge in [-0.2, -0.15) is 5.10 Å². The van der Waals surface area contributed by atoms with Gasteiger partial charge in [0.05, 0.1) is 31.5 Å². The Morgan fingerprint density at radius 3 is 2.47 bits per heavy atom. The Bertz CT molecular complexity index is 425. The molecule has 19 heavy (non-hydrogen) atoms. The molecule has 1 aromatic heterocycles. The predicted molar refractivity (Wildman–Crippen MR) is 70.0 cm³/mol. The average Bonchev–Trinajstić information content (AvgIpc) is 2.42. The van der Waals surface area contributed by atoms with Crippen LogP contribution in [0.15, 0.2) is 0 Å². The van der Waals surface area contributed by atoms with Crippen molar-refractivity contribution in [2.75, 3.05) is 38.8 Å². The van der Waals surface area contributed by atoms with Gasteiger partial charge < -0.3 is 14.4 Å². The number of nitrogens with zero attached hydrogens (tertiary/aromatic N) is 4. The fourth-order valence-electron chi connectivity index (χ4n) is 1.42. The highest BCUT2D eigenvalue weighted by molar-refractivity contribution is 5.69. The van der Waals surface area contributed by atoms with E-state index in [2.05, 4.69) is 19.9 Å². The second-order valence-corrected chi connectivity index (χ2v) is 4.09. The van der Waals surface area contributed by atoms with Gasteiger partial charge in [0, 0.05) is 20.2 Å². The molecule has 0 radical (unpaired) electrons. The first-order valence-electron chi connectivity index (χ1n) is 6.07. The van der Waals surface area contributed by atoms with Gasteiger partial charge in [-0.1, -0.05) is 0 Å². The van der Waals surface area contributed by atoms with Crippen LogP contribution in [-0.4, -0.2) is 55.1 Å². The fourth-order valence-corrected chi connectivity index (χ4v) is 1.42. The highest BCUT2D eigenvalue weighted by Gasteiger charge is 2.13. The normalized spacial score (nSPS) is 10.3. The molecule has 106 valence electrons. The predicted octanol–water partition coefficient (Wildman–Crippen LogP) is 0.504. The number of rotatable bonds is 7. The molecule has 0 aliphatic carbocycles. The zero-order chi connectivity index (χ0) is 14.3. The summed E-state index contributed by atoms with van der Waals surface area (Å²) in [5.41, 5.74) is 1.62. The number of aromatic nitrogens is 3. The molecule has 0 aliphatic rings. The number of carbonyl (C=O) groups excluding carboxylic acids is 1. The van der Waals surface area contributed by atoms with E-state index in [1.807, 2.05) is 18.7 Å². The van der Waals surface area contributed by atoms with Gasteiger partial charge in [-0.05, 0) is 13.8 Å². The van der Waals surface area contributed by atoms with Gasteiger partial charge in [0.1, 0.15) is 0 Å². The maximum Gasteiger partial charge on any atom is 0.307 e. The summed E-state index contributed by atoms with van der Waals surface area (Å²) < 4.78 is 9.68. The molecule has 0 amide bonds. The van der Waals surface area contributed by atoms with Crippen LogP contribution in [0.4, 0.5) is 5.95 Å². The van der Waals surface area contributed by atoms with Crippen molar-refractivity contribution in [1.82, 2.24) is 15.2 Å². The summed E-state index contributed by atoms with van der Waals surface area (Å²) in [6, 6.07) is 0. The van der Waals surface area contributed by atoms with Gasteiger partial charge in [0.15, 0.2) is 0 Å². The van der Waals surface area contributed by atoms with Crippen molar-refractivity contribution in [3.05, 3.63) is 11.4 Å². The van der Waals surface area contributed by atoms with Crippen LogP contribution in [0.25, 0.3) is 0 Å². The van der Waals surface area contributed by atoms with Gasteiger partial charge in [0.25, 0.3) is 0 Å². The van der Waals surface area contributed by atoms with Gasteiger partial charge in [-0.3, -0.25) is 4.79 Å². The van der Waals surface area contributed by atoms with Crippen molar-refractivity contribution in [1.29, 1.82) is 0 Å². The summed E-state index contributed by atoms with van der Waals surface area (Å²) >= 11 is 0. The summed E-state index contributed by atoms with van der Waals surface area (Å²) in [4.78, 5) is 17.4. The Balaban J connectivity index is 2.76. The van der Waals surface area contributed by atoms with E-state index in [0.717, 1.165) is 11.4 Å². The van der Waals surface area contributed by atoms with Crippen LogP contribution in [0.3, 0.4) is 0 Å². The van der Waals surface area contributed by atoms with E-state index >= 15 is 0 Å². The Labute approximate surface area is 112 Å². The number of hydrogen-bond donors (Lipinski definition) is 0. The standard InChI is InChI=1S/C12H20N4O3/c1-9-10(2)14-15-12(13-9)16(7-8-18-3)6-5-11(17)19-4/h5-8H2,1-4H3. The molecule has 0 aliphatic heterocycles. The number of carbonyl (C=O) groups is 1. The third kappa shape index (κ3) is 4.78. The van der Waals surface area contributed by atoms with E-state index in [-0.39, 0.29) is 12.4 Å². The second kappa shape index (κ2) is 7.63. The minimum atomic E-state index is -0.265. The van der Waals surface area contributed by atoms with Crippen LogP contribution in [0.1, 0.15) is 17.8 Å². The number of methoxy groups -OCH3 is 2. The van der Waals surface area contributed by atoms with Gasteiger partial charge >= 0.3 is 5.97 Å². The second-order valence-electron chi connectivity index (χ2n) is 4.09. The largest absolute Gasteiger partial charge is 0.469 e. The molecule has 0 saturated carbocycles. The first kappa shape index (κ1) is 15.3. The van der Waals surface area contributed by atoms with Crippen molar-refractivity contribution in [2.45, 2.75) is 20.3 Å². The topological polar surface area (TPSA) is 77.4 Å². The highest BCUT2D eigenvalue weighted by atomic mass is 16.5. The van der Waals surface area contributed by atoms with E-state index < -0.39 is 0 Å². The average molecular weight is 268 g/mol. The quantitative estimate of drug-likeness (QED) is 0.666. The number of esters is 1. The Hall–Kier alpha value is -1.76. The lowest BCUT2D eigenvalue weighted by atomic mass is 10.3. The van der Waals surface area contributed by atoms with Crippen LogP contribution >= 0.6 is 0 Å². The molecule has 0 bridgehead atoms. The molecule has 1 rings (SSSR count). The summed E-state index contributed by atoms with van der Waals surface area (Å²) in [7, 11) is 2.99. The minimum Gasteiger partial charge on any atom is -0.469 e. The van der Waals surface area contributed by atoms with Crippen molar-refractivity contribution in [2.24, 2.45) is 0 Å². The summed E-state index contributed by atoms with van der Waals surface area (Å²) in [6.45, 7) is 5.32. The molecule has 7 heteroatoms. The molecule has 0 spiro atoms. The smallest absolute Gasteiger partial charge is 0.307 e. The third-order valence-corrected chi connectivity index (χ3v) is 2.74. The maximum absolute atomic E-state index is 11.2.